The molecule has 2 rings (SSSR count). The average Bonchev–Trinajstić information content (AvgIpc) is 2.28. The largest absolute Gasteiger partial charge is 0.368 e. The lowest BCUT2D eigenvalue weighted by molar-refractivity contribution is 0.306. The van der Waals surface area contributed by atoms with E-state index in [1.54, 1.807) is 0 Å². The van der Waals surface area contributed by atoms with E-state index in [-0.39, 0.29) is 0 Å². The van der Waals surface area contributed by atoms with Gasteiger partial charge < -0.3 is 5.73 Å². The molecule has 2 atom stereocenters. The lowest BCUT2D eigenvalue weighted by Crippen LogP contribution is -2.17. The normalized spacial score (nSPS) is 25.6. The Kier molecular flexibility index (Phi) is 3.36. The quantitative estimate of drug-likeness (QED) is 0.831. The Morgan fingerprint density at radius 2 is 2.06 bits per heavy atom. The lowest BCUT2D eigenvalue weighted by Gasteiger charge is -2.27. The minimum atomic E-state index is 0.362. The second-order valence-corrected chi connectivity index (χ2v) is 4.74. The summed E-state index contributed by atoms with van der Waals surface area (Å²) in [7, 11) is 0. The third-order valence-corrected chi connectivity index (χ3v) is 3.51. The smallest absolute Gasteiger partial charge is 0.223 e. The van der Waals surface area contributed by atoms with E-state index >= 15 is 0 Å². The zero-order valence-electron chi connectivity index (χ0n) is 10.1. The van der Waals surface area contributed by atoms with E-state index < -0.39 is 0 Å². The molecule has 1 fully saturated rings. The van der Waals surface area contributed by atoms with Crippen LogP contribution in [0.5, 0.6) is 0 Å². The third-order valence-electron chi connectivity index (χ3n) is 3.51. The summed E-state index contributed by atoms with van der Waals surface area (Å²) in [6.07, 6.45) is 6.30. The number of nitrogen functional groups attached to an aromatic ring is 1. The number of aromatic nitrogens is 3. The Morgan fingerprint density at radius 1 is 1.25 bits per heavy atom. The number of rotatable bonds is 2. The third kappa shape index (κ3) is 2.49. The first-order valence-electron chi connectivity index (χ1n) is 6.17. The van der Waals surface area contributed by atoms with Gasteiger partial charge in [0.05, 0.1) is 0 Å². The van der Waals surface area contributed by atoms with Gasteiger partial charge in [0.15, 0.2) is 0 Å². The van der Waals surface area contributed by atoms with Crippen molar-refractivity contribution in [3.63, 3.8) is 0 Å². The van der Waals surface area contributed by atoms with E-state index in [1.165, 1.54) is 32.1 Å². The van der Waals surface area contributed by atoms with Crippen LogP contribution in [0.25, 0.3) is 0 Å². The van der Waals surface area contributed by atoms with Crippen LogP contribution in [0, 0.1) is 12.8 Å². The number of anilines is 1. The van der Waals surface area contributed by atoms with Crippen molar-refractivity contribution < 1.29 is 0 Å². The van der Waals surface area contributed by atoms with E-state index in [0.717, 1.165) is 17.6 Å². The standard InChI is InChI=1S/C12H20N4/c1-3-9-5-4-6-10(7-9)11-14-8(2)15-12(13)16-11/h9-10H,3-7H2,1-2H3,(H2,13,14,15,16). The molecule has 1 aliphatic rings. The average molecular weight is 220 g/mol. The lowest BCUT2D eigenvalue weighted by atomic mass is 9.80. The number of hydrogen-bond acceptors (Lipinski definition) is 4. The minimum absolute atomic E-state index is 0.362. The number of aryl methyl sites for hydroxylation is 1. The fourth-order valence-electron chi connectivity index (χ4n) is 2.60. The van der Waals surface area contributed by atoms with Crippen LogP contribution in [0.1, 0.15) is 56.6 Å². The molecule has 0 spiro atoms. The Morgan fingerprint density at radius 3 is 2.75 bits per heavy atom. The number of nitrogens with zero attached hydrogens (tertiary/aromatic N) is 3. The number of nitrogens with two attached hydrogens (primary N) is 1. The Balaban J connectivity index is 2.16. The fourth-order valence-corrected chi connectivity index (χ4v) is 2.60. The number of hydrogen-bond donors (Lipinski definition) is 1. The SMILES string of the molecule is CCC1CCCC(c2nc(C)nc(N)n2)C1. The van der Waals surface area contributed by atoms with Crippen LogP contribution in [0.4, 0.5) is 5.95 Å². The van der Waals surface area contributed by atoms with Crippen LogP contribution in [-0.2, 0) is 0 Å². The van der Waals surface area contributed by atoms with Gasteiger partial charge in [0.1, 0.15) is 11.6 Å². The summed E-state index contributed by atoms with van der Waals surface area (Å²) >= 11 is 0. The van der Waals surface area contributed by atoms with Gasteiger partial charge in [-0.15, -0.1) is 0 Å². The highest BCUT2D eigenvalue weighted by Gasteiger charge is 2.24. The minimum Gasteiger partial charge on any atom is -0.368 e. The zero-order valence-corrected chi connectivity index (χ0v) is 10.1. The van der Waals surface area contributed by atoms with E-state index in [2.05, 4.69) is 21.9 Å². The summed E-state index contributed by atoms with van der Waals surface area (Å²) < 4.78 is 0. The molecule has 1 saturated carbocycles. The van der Waals surface area contributed by atoms with E-state index in [4.69, 9.17) is 5.73 Å². The first-order valence-corrected chi connectivity index (χ1v) is 6.17. The van der Waals surface area contributed by atoms with Gasteiger partial charge in [0.2, 0.25) is 5.95 Å². The molecule has 0 amide bonds. The van der Waals surface area contributed by atoms with Crippen molar-refractivity contribution in [3.8, 4) is 0 Å². The van der Waals surface area contributed by atoms with Crippen molar-refractivity contribution in [2.45, 2.75) is 51.9 Å². The van der Waals surface area contributed by atoms with Crippen LogP contribution in [0.3, 0.4) is 0 Å². The molecule has 2 N–H and O–H groups in total. The monoisotopic (exact) mass is 220 g/mol. The highest BCUT2D eigenvalue weighted by Crippen LogP contribution is 2.36. The predicted molar refractivity (Wildman–Crippen MR) is 64.0 cm³/mol. The predicted octanol–water partition coefficient (Wildman–Crippen LogP) is 2.45. The van der Waals surface area contributed by atoms with E-state index in [1.807, 2.05) is 6.92 Å². The van der Waals surface area contributed by atoms with Gasteiger partial charge in [0, 0.05) is 5.92 Å². The maximum Gasteiger partial charge on any atom is 0.223 e. The van der Waals surface area contributed by atoms with Crippen LogP contribution in [0.15, 0.2) is 0 Å². The van der Waals surface area contributed by atoms with Gasteiger partial charge in [0.25, 0.3) is 0 Å². The van der Waals surface area contributed by atoms with Crippen LogP contribution < -0.4 is 5.73 Å². The molecule has 1 aliphatic carbocycles. The molecule has 4 nitrogen and oxygen atoms in total. The van der Waals surface area contributed by atoms with Gasteiger partial charge in [-0.05, 0) is 25.7 Å². The van der Waals surface area contributed by atoms with Gasteiger partial charge in [-0.2, -0.15) is 9.97 Å². The molecule has 0 saturated heterocycles. The molecule has 4 heteroatoms. The highest BCUT2D eigenvalue weighted by molar-refractivity contribution is 5.17. The maximum atomic E-state index is 5.67. The van der Waals surface area contributed by atoms with Crippen LogP contribution >= 0.6 is 0 Å². The second kappa shape index (κ2) is 4.76. The molecule has 2 unspecified atom stereocenters. The maximum absolute atomic E-state index is 5.67. The zero-order chi connectivity index (χ0) is 11.5. The molecule has 0 radical (unpaired) electrons. The second-order valence-electron chi connectivity index (χ2n) is 4.74. The first-order chi connectivity index (χ1) is 7.69. The van der Waals surface area contributed by atoms with E-state index in [9.17, 15) is 0 Å². The Labute approximate surface area is 96.7 Å². The molecule has 1 aromatic rings. The summed E-state index contributed by atoms with van der Waals surface area (Å²) in [5.74, 6) is 3.32. The van der Waals surface area contributed by atoms with Crippen molar-refractivity contribution in [1.82, 2.24) is 15.0 Å². The van der Waals surface area contributed by atoms with Crippen molar-refractivity contribution >= 4 is 5.95 Å². The summed E-state index contributed by atoms with van der Waals surface area (Å²) in [5, 5.41) is 0. The van der Waals surface area contributed by atoms with Crippen LogP contribution in [0.2, 0.25) is 0 Å². The first kappa shape index (κ1) is 11.3. The summed E-state index contributed by atoms with van der Waals surface area (Å²) in [5.41, 5.74) is 5.67. The molecule has 0 aliphatic heterocycles. The molecular weight excluding hydrogens is 200 g/mol. The van der Waals surface area contributed by atoms with E-state index in [0.29, 0.717) is 11.9 Å². The Bertz CT molecular complexity index is 344. The Hall–Kier alpha value is -1.19. The fraction of sp³-hybridized carbons (Fsp3) is 0.750. The summed E-state index contributed by atoms with van der Waals surface area (Å²) in [6.45, 7) is 4.14. The van der Waals surface area contributed by atoms with Gasteiger partial charge in [-0.1, -0.05) is 26.2 Å². The molecule has 1 heterocycles. The van der Waals surface area contributed by atoms with Gasteiger partial charge >= 0.3 is 0 Å². The molecule has 1 aromatic heterocycles. The van der Waals surface area contributed by atoms with Crippen LogP contribution in [-0.4, -0.2) is 15.0 Å². The summed E-state index contributed by atoms with van der Waals surface area (Å²) in [6, 6.07) is 0. The highest BCUT2D eigenvalue weighted by atomic mass is 15.1. The van der Waals surface area contributed by atoms with Crippen molar-refractivity contribution in [3.05, 3.63) is 11.6 Å². The van der Waals surface area contributed by atoms with Gasteiger partial charge in [-0.25, -0.2) is 4.98 Å². The van der Waals surface area contributed by atoms with Crippen molar-refractivity contribution in [2.75, 3.05) is 5.73 Å². The molecule has 0 bridgehead atoms. The van der Waals surface area contributed by atoms with Crippen molar-refractivity contribution in [2.24, 2.45) is 5.92 Å². The molecule has 0 aromatic carbocycles. The van der Waals surface area contributed by atoms with Crippen molar-refractivity contribution in [1.29, 1.82) is 0 Å². The summed E-state index contributed by atoms with van der Waals surface area (Å²) in [4.78, 5) is 12.7. The topological polar surface area (TPSA) is 64.7 Å². The molecule has 16 heavy (non-hydrogen) atoms. The van der Waals surface area contributed by atoms with Gasteiger partial charge in [-0.3, -0.25) is 0 Å². The molecule has 88 valence electrons. The molecular formula is C12H20N4.